The number of carbonyl (C=O) groups is 3. The van der Waals surface area contributed by atoms with Crippen molar-refractivity contribution in [1.82, 2.24) is 15.1 Å². The summed E-state index contributed by atoms with van der Waals surface area (Å²) in [5.41, 5.74) is 4.83. The number of carboxylic acids is 1. The summed E-state index contributed by atoms with van der Waals surface area (Å²) in [6.45, 7) is 2.64. The Morgan fingerprint density at radius 2 is 1.74 bits per heavy atom. The lowest BCUT2D eigenvalue weighted by atomic mass is 9.98. The Morgan fingerprint density at radius 3 is 2.32 bits per heavy atom. The van der Waals surface area contributed by atoms with E-state index in [2.05, 4.69) is 15.7 Å². The highest BCUT2D eigenvalue weighted by Crippen LogP contribution is 2.44. The van der Waals surface area contributed by atoms with Crippen molar-refractivity contribution < 1.29 is 24.2 Å². The zero-order valence-electron chi connectivity index (χ0n) is 18.7. The van der Waals surface area contributed by atoms with Crippen LogP contribution in [0.15, 0.2) is 60.9 Å². The number of rotatable bonds is 9. The largest absolute Gasteiger partial charge is 0.481 e. The van der Waals surface area contributed by atoms with Crippen LogP contribution in [0.3, 0.4) is 0 Å². The number of fused-ring (bicyclic) bond motifs is 3. The Balaban J connectivity index is 1.41. The number of nitrogens with one attached hydrogen (secondary N) is 2. The van der Waals surface area contributed by atoms with Gasteiger partial charge in [-0.25, -0.2) is 4.79 Å². The van der Waals surface area contributed by atoms with Crippen LogP contribution >= 0.6 is 0 Å². The third kappa shape index (κ3) is 5.09. The standard InChI is InChI=1S/C25H26N4O5/c1-2-29-14-16(13-26-29)27-24(32)22(11-12-23(30)31)28-25(33)34-15-21-19-9-5-3-7-17(19)18-8-4-6-10-20(18)21/h3-10,13-14,21-22H,2,11-12,15H2,1H3,(H,27,32)(H,28,33)(H,30,31). The summed E-state index contributed by atoms with van der Waals surface area (Å²) in [7, 11) is 0. The first-order valence-electron chi connectivity index (χ1n) is 11.1. The molecule has 9 heteroatoms. The summed E-state index contributed by atoms with van der Waals surface area (Å²) in [5.74, 6) is -1.72. The number of aryl methyl sites for hydroxylation is 1. The summed E-state index contributed by atoms with van der Waals surface area (Å²) in [4.78, 5) is 36.4. The molecule has 3 aromatic rings. The minimum atomic E-state index is -1.07. The van der Waals surface area contributed by atoms with Crippen LogP contribution in [0.5, 0.6) is 0 Å². The van der Waals surface area contributed by atoms with Gasteiger partial charge in [-0.15, -0.1) is 0 Å². The number of ether oxygens (including phenoxy) is 1. The minimum absolute atomic E-state index is 0.0761. The molecule has 1 aromatic heterocycles. The zero-order chi connectivity index (χ0) is 24.1. The number of carbonyl (C=O) groups excluding carboxylic acids is 2. The van der Waals surface area contributed by atoms with Gasteiger partial charge in [0.25, 0.3) is 0 Å². The number of nitrogens with zero attached hydrogens (tertiary/aromatic N) is 2. The molecule has 176 valence electrons. The van der Waals surface area contributed by atoms with Gasteiger partial charge < -0.3 is 20.5 Å². The molecule has 9 nitrogen and oxygen atoms in total. The third-order valence-electron chi connectivity index (χ3n) is 5.82. The van der Waals surface area contributed by atoms with E-state index in [0.717, 1.165) is 22.3 Å². The molecular formula is C25H26N4O5. The van der Waals surface area contributed by atoms with E-state index in [1.807, 2.05) is 55.5 Å². The van der Waals surface area contributed by atoms with E-state index in [9.17, 15) is 14.4 Å². The molecule has 0 spiro atoms. The second kappa shape index (κ2) is 10.2. The molecule has 1 aliphatic carbocycles. The number of alkyl carbamates (subject to hydrolysis) is 1. The SMILES string of the molecule is CCn1cc(NC(=O)C(CCC(=O)O)NC(=O)OCC2c3ccccc3-c3ccccc32)cn1. The molecule has 1 aliphatic rings. The maximum Gasteiger partial charge on any atom is 0.407 e. The Morgan fingerprint density at radius 1 is 1.09 bits per heavy atom. The maximum absolute atomic E-state index is 12.7. The van der Waals surface area contributed by atoms with Crippen molar-refractivity contribution in [3.05, 3.63) is 72.1 Å². The Hall–Kier alpha value is -4.14. The monoisotopic (exact) mass is 462 g/mol. The molecule has 2 aromatic carbocycles. The zero-order valence-corrected chi connectivity index (χ0v) is 18.7. The number of anilines is 1. The van der Waals surface area contributed by atoms with E-state index in [1.54, 1.807) is 10.9 Å². The number of carboxylic acid groups (broad SMARTS) is 1. The van der Waals surface area contributed by atoms with Crippen LogP contribution in [0, 0.1) is 0 Å². The third-order valence-corrected chi connectivity index (χ3v) is 5.82. The summed E-state index contributed by atoms with van der Waals surface area (Å²) in [5, 5.41) is 18.3. The van der Waals surface area contributed by atoms with Crippen LogP contribution in [0.2, 0.25) is 0 Å². The predicted molar refractivity (Wildman–Crippen MR) is 125 cm³/mol. The number of hydrogen-bond acceptors (Lipinski definition) is 5. The first-order valence-corrected chi connectivity index (χ1v) is 11.1. The molecule has 0 saturated carbocycles. The smallest absolute Gasteiger partial charge is 0.407 e. The fourth-order valence-electron chi connectivity index (χ4n) is 4.15. The summed E-state index contributed by atoms with van der Waals surface area (Å²) < 4.78 is 7.14. The number of amides is 2. The highest BCUT2D eigenvalue weighted by Gasteiger charge is 2.30. The maximum atomic E-state index is 12.7. The van der Waals surface area contributed by atoms with Gasteiger partial charge in [-0.2, -0.15) is 5.10 Å². The molecule has 2 amide bonds. The predicted octanol–water partition coefficient (Wildman–Crippen LogP) is 3.61. The molecule has 0 fully saturated rings. The average Bonchev–Trinajstić information content (AvgIpc) is 3.42. The van der Waals surface area contributed by atoms with E-state index in [-0.39, 0.29) is 25.4 Å². The van der Waals surface area contributed by atoms with Crippen molar-refractivity contribution in [2.45, 2.75) is 38.3 Å². The van der Waals surface area contributed by atoms with Crippen molar-refractivity contribution >= 4 is 23.7 Å². The second-order valence-electron chi connectivity index (χ2n) is 8.03. The van der Waals surface area contributed by atoms with Crippen molar-refractivity contribution in [2.75, 3.05) is 11.9 Å². The summed E-state index contributed by atoms with van der Waals surface area (Å²) in [6.07, 6.45) is 2.00. The highest BCUT2D eigenvalue weighted by atomic mass is 16.5. The fraction of sp³-hybridized carbons (Fsp3) is 0.280. The van der Waals surface area contributed by atoms with Gasteiger partial charge in [0.15, 0.2) is 0 Å². The highest BCUT2D eigenvalue weighted by molar-refractivity contribution is 5.96. The van der Waals surface area contributed by atoms with Gasteiger partial charge in [0, 0.05) is 25.1 Å². The normalized spacial score (nSPS) is 13.0. The van der Waals surface area contributed by atoms with Crippen LogP contribution in [0.1, 0.15) is 36.8 Å². The quantitative estimate of drug-likeness (QED) is 0.446. The average molecular weight is 463 g/mol. The first kappa shape index (κ1) is 23.0. The number of hydrogen-bond donors (Lipinski definition) is 3. The van der Waals surface area contributed by atoms with Crippen molar-refractivity contribution in [2.24, 2.45) is 0 Å². The lowest BCUT2D eigenvalue weighted by molar-refractivity contribution is -0.137. The van der Waals surface area contributed by atoms with Gasteiger partial charge in [0.1, 0.15) is 12.6 Å². The van der Waals surface area contributed by atoms with Crippen molar-refractivity contribution in [3.8, 4) is 11.1 Å². The Labute approximate surface area is 196 Å². The molecule has 4 rings (SSSR count). The van der Waals surface area contributed by atoms with Crippen molar-refractivity contribution in [3.63, 3.8) is 0 Å². The van der Waals surface area contributed by atoms with Crippen LogP contribution < -0.4 is 10.6 Å². The number of aromatic nitrogens is 2. The Bertz CT molecular complexity index is 1160. The van der Waals surface area contributed by atoms with E-state index >= 15 is 0 Å². The molecule has 0 radical (unpaired) electrons. The van der Waals surface area contributed by atoms with Gasteiger partial charge >= 0.3 is 12.1 Å². The van der Waals surface area contributed by atoms with E-state index in [0.29, 0.717) is 12.2 Å². The molecule has 0 aliphatic heterocycles. The van der Waals surface area contributed by atoms with Gasteiger partial charge in [-0.3, -0.25) is 14.3 Å². The van der Waals surface area contributed by atoms with E-state index in [4.69, 9.17) is 9.84 Å². The number of aliphatic carboxylic acids is 1. The van der Waals surface area contributed by atoms with Gasteiger partial charge in [-0.05, 0) is 35.6 Å². The molecule has 34 heavy (non-hydrogen) atoms. The van der Waals surface area contributed by atoms with Crippen LogP contribution in [-0.2, 0) is 20.9 Å². The van der Waals surface area contributed by atoms with Crippen LogP contribution in [-0.4, -0.2) is 45.5 Å². The van der Waals surface area contributed by atoms with E-state index < -0.39 is 24.0 Å². The lowest BCUT2D eigenvalue weighted by Crippen LogP contribution is -2.44. The summed E-state index contributed by atoms with van der Waals surface area (Å²) >= 11 is 0. The van der Waals surface area contributed by atoms with Crippen molar-refractivity contribution in [1.29, 1.82) is 0 Å². The number of benzene rings is 2. The van der Waals surface area contributed by atoms with E-state index in [1.165, 1.54) is 6.20 Å². The first-order chi connectivity index (χ1) is 16.5. The van der Waals surface area contributed by atoms with Crippen LogP contribution in [0.4, 0.5) is 10.5 Å². The molecule has 0 saturated heterocycles. The van der Waals surface area contributed by atoms with Crippen LogP contribution in [0.25, 0.3) is 11.1 Å². The summed E-state index contributed by atoms with van der Waals surface area (Å²) in [6, 6.07) is 14.9. The molecule has 0 bridgehead atoms. The van der Waals surface area contributed by atoms with Gasteiger partial charge in [-0.1, -0.05) is 48.5 Å². The van der Waals surface area contributed by atoms with Gasteiger partial charge in [0.05, 0.1) is 11.9 Å². The lowest BCUT2D eigenvalue weighted by Gasteiger charge is -2.19. The molecule has 1 atom stereocenters. The molecule has 1 unspecified atom stereocenters. The van der Waals surface area contributed by atoms with Gasteiger partial charge in [0.2, 0.25) is 5.91 Å². The fourth-order valence-corrected chi connectivity index (χ4v) is 4.15. The molecular weight excluding hydrogens is 436 g/mol. The minimum Gasteiger partial charge on any atom is -0.481 e. The molecule has 1 heterocycles. The second-order valence-corrected chi connectivity index (χ2v) is 8.03. The Kier molecular flexibility index (Phi) is 6.91. The molecule has 3 N–H and O–H groups in total. The topological polar surface area (TPSA) is 123 Å².